The van der Waals surface area contributed by atoms with Crippen molar-refractivity contribution in [3.63, 3.8) is 0 Å². The minimum absolute atomic E-state index is 0.119. The largest absolute Gasteiger partial charge is 0.353 e. The Labute approximate surface area is 124 Å². The quantitative estimate of drug-likeness (QED) is 0.727. The van der Waals surface area contributed by atoms with Crippen LogP contribution in [0.1, 0.15) is 28.4 Å². The van der Waals surface area contributed by atoms with Crippen molar-refractivity contribution < 1.29 is 9.59 Å². The first kappa shape index (κ1) is 15.1. The van der Waals surface area contributed by atoms with Gasteiger partial charge in [-0.2, -0.15) is 0 Å². The van der Waals surface area contributed by atoms with E-state index < -0.39 is 6.04 Å². The van der Waals surface area contributed by atoms with Crippen molar-refractivity contribution in [3.05, 3.63) is 34.9 Å². The van der Waals surface area contributed by atoms with Crippen molar-refractivity contribution >= 4 is 11.8 Å². The maximum absolute atomic E-state index is 12.7. The van der Waals surface area contributed by atoms with Crippen molar-refractivity contribution in [2.75, 3.05) is 19.6 Å². The molecule has 1 fully saturated rings. The molecule has 0 saturated carbocycles. The summed E-state index contributed by atoms with van der Waals surface area (Å²) in [7, 11) is 0. The highest BCUT2D eigenvalue weighted by atomic mass is 16.2. The number of carbonyl (C=O) groups is 2. The summed E-state index contributed by atoms with van der Waals surface area (Å²) in [5.41, 5.74) is 7.58. The maximum Gasteiger partial charge on any atom is 0.254 e. The van der Waals surface area contributed by atoms with Crippen molar-refractivity contribution in [2.24, 2.45) is 5.73 Å². The van der Waals surface area contributed by atoms with E-state index in [0.29, 0.717) is 18.7 Å². The van der Waals surface area contributed by atoms with Crippen molar-refractivity contribution in [2.45, 2.75) is 19.9 Å². The number of amides is 2. The standard InChI is InChI=1S/C16H19N3O2/c1-11-13(6-4-8-17)5-3-7-14(11)16(21)19-10-9-18-15(20)12(19)2/h3,5,7,12H,8-10,17H2,1-2H3,(H,18,20). The molecule has 1 saturated heterocycles. The summed E-state index contributed by atoms with van der Waals surface area (Å²) >= 11 is 0. The Morgan fingerprint density at radius 2 is 2.29 bits per heavy atom. The number of nitrogens with one attached hydrogen (secondary N) is 1. The van der Waals surface area contributed by atoms with Gasteiger partial charge in [0.2, 0.25) is 5.91 Å². The first-order chi connectivity index (χ1) is 10.1. The molecular formula is C16H19N3O2. The molecule has 1 aromatic carbocycles. The number of carbonyl (C=O) groups excluding carboxylic acids is 2. The molecular weight excluding hydrogens is 266 g/mol. The van der Waals surface area contributed by atoms with E-state index in [1.807, 2.05) is 13.0 Å². The van der Waals surface area contributed by atoms with Gasteiger partial charge in [0.1, 0.15) is 6.04 Å². The van der Waals surface area contributed by atoms with E-state index in [1.54, 1.807) is 24.0 Å². The predicted octanol–water partition coefficient (Wildman–Crippen LogP) is 0.266. The Kier molecular flexibility index (Phi) is 4.61. The summed E-state index contributed by atoms with van der Waals surface area (Å²) in [5.74, 6) is 5.51. The van der Waals surface area contributed by atoms with Crippen LogP contribution >= 0.6 is 0 Å². The van der Waals surface area contributed by atoms with Gasteiger partial charge in [0, 0.05) is 24.2 Å². The van der Waals surface area contributed by atoms with Crippen LogP contribution < -0.4 is 11.1 Å². The van der Waals surface area contributed by atoms with E-state index in [9.17, 15) is 9.59 Å². The number of rotatable bonds is 1. The molecule has 2 amide bonds. The first-order valence-electron chi connectivity index (χ1n) is 6.93. The first-order valence-corrected chi connectivity index (χ1v) is 6.93. The molecule has 0 radical (unpaired) electrons. The highest BCUT2D eigenvalue weighted by Gasteiger charge is 2.30. The molecule has 0 aromatic heterocycles. The molecule has 3 N–H and O–H groups in total. The molecule has 1 aliphatic rings. The van der Waals surface area contributed by atoms with Crippen LogP contribution in [-0.2, 0) is 4.79 Å². The van der Waals surface area contributed by atoms with Gasteiger partial charge in [-0.25, -0.2) is 0 Å². The molecule has 2 rings (SSSR count). The smallest absolute Gasteiger partial charge is 0.254 e. The molecule has 1 heterocycles. The van der Waals surface area contributed by atoms with Crippen LogP contribution in [0.2, 0.25) is 0 Å². The van der Waals surface area contributed by atoms with Gasteiger partial charge in [-0.1, -0.05) is 17.9 Å². The summed E-state index contributed by atoms with van der Waals surface area (Å²) in [6.45, 7) is 4.88. The Hall–Kier alpha value is -2.32. The number of benzene rings is 1. The van der Waals surface area contributed by atoms with Crippen LogP contribution in [0.4, 0.5) is 0 Å². The van der Waals surface area contributed by atoms with Gasteiger partial charge in [0.15, 0.2) is 0 Å². The van der Waals surface area contributed by atoms with Crippen LogP contribution in [0.3, 0.4) is 0 Å². The molecule has 110 valence electrons. The average Bonchev–Trinajstić information content (AvgIpc) is 2.48. The SMILES string of the molecule is Cc1c(C#CCN)cccc1C(=O)N1CCNC(=O)C1C. The Morgan fingerprint density at radius 1 is 1.52 bits per heavy atom. The molecule has 1 aliphatic heterocycles. The minimum atomic E-state index is -0.454. The number of hydrogen-bond donors (Lipinski definition) is 2. The summed E-state index contributed by atoms with van der Waals surface area (Å²) in [5, 5.41) is 2.75. The van der Waals surface area contributed by atoms with Crippen LogP contribution in [0.5, 0.6) is 0 Å². The zero-order chi connectivity index (χ0) is 15.4. The Balaban J connectivity index is 2.33. The second kappa shape index (κ2) is 6.42. The third-order valence-corrected chi connectivity index (χ3v) is 3.65. The van der Waals surface area contributed by atoms with Gasteiger partial charge >= 0.3 is 0 Å². The second-order valence-corrected chi connectivity index (χ2v) is 4.95. The zero-order valence-corrected chi connectivity index (χ0v) is 12.3. The molecule has 21 heavy (non-hydrogen) atoms. The minimum Gasteiger partial charge on any atom is -0.353 e. The second-order valence-electron chi connectivity index (χ2n) is 4.95. The molecule has 0 bridgehead atoms. The fourth-order valence-corrected chi connectivity index (χ4v) is 2.36. The van der Waals surface area contributed by atoms with Gasteiger partial charge in [0.25, 0.3) is 5.91 Å². The Morgan fingerprint density at radius 3 is 3.00 bits per heavy atom. The summed E-state index contributed by atoms with van der Waals surface area (Å²) < 4.78 is 0. The lowest BCUT2D eigenvalue weighted by atomic mass is 10.0. The van der Waals surface area contributed by atoms with E-state index in [4.69, 9.17) is 5.73 Å². The van der Waals surface area contributed by atoms with Crippen molar-refractivity contribution in [3.8, 4) is 11.8 Å². The third kappa shape index (κ3) is 3.06. The Bertz CT molecular complexity index is 628. The number of nitrogens with zero attached hydrogens (tertiary/aromatic N) is 1. The number of piperazine rings is 1. The number of hydrogen-bond acceptors (Lipinski definition) is 3. The monoisotopic (exact) mass is 285 g/mol. The summed E-state index contributed by atoms with van der Waals surface area (Å²) in [6.07, 6.45) is 0. The van der Waals surface area contributed by atoms with Crippen LogP contribution in [0, 0.1) is 18.8 Å². The van der Waals surface area contributed by atoms with E-state index in [-0.39, 0.29) is 18.4 Å². The topological polar surface area (TPSA) is 75.4 Å². The third-order valence-electron chi connectivity index (χ3n) is 3.65. The van der Waals surface area contributed by atoms with E-state index >= 15 is 0 Å². The molecule has 0 aliphatic carbocycles. The van der Waals surface area contributed by atoms with E-state index in [1.165, 1.54) is 0 Å². The maximum atomic E-state index is 12.7. The molecule has 1 aromatic rings. The zero-order valence-electron chi connectivity index (χ0n) is 12.3. The summed E-state index contributed by atoms with van der Waals surface area (Å²) in [4.78, 5) is 26.0. The van der Waals surface area contributed by atoms with Crippen LogP contribution in [0.25, 0.3) is 0 Å². The molecule has 0 spiro atoms. The highest BCUT2D eigenvalue weighted by Crippen LogP contribution is 2.17. The average molecular weight is 285 g/mol. The van der Waals surface area contributed by atoms with Crippen LogP contribution in [-0.4, -0.2) is 42.4 Å². The fourth-order valence-electron chi connectivity index (χ4n) is 2.36. The van der Waals surface area contributed by atoms with Crippen LogP contribution in [0.15, 0.2) is 18.2 Å². The van der Waals surface area contributed by atoms with Gasteiger partial charge in [0.05, 0.1) is 6.54 Å². The van der Waals surface area contributed by atoms with E-state index in [2.05, 4.69) is 17.2 Å². The van der Waals surface area contributed by atoms with E-state index in [0.717, 1.165) is 11.1 Å². The predicted molar refractivity (Wildman–Crippen MR) is 80.6 cm³/mol. The lowest BCUT2D eigenvalue weighted by molar-refractivity contribution is -0.127. The fraction of sp³-hybridized carbons (Fsp3) is 0.375. The molecule has 1 atom stereocenters. The normalized spacial score (nSPS) is 17.8. The van der Waals surface area contributed by atoms with Gasteiger partial charge in [-0.05, 0) is 31.5 Å². The summed E-state index contributed by atoms with van der Waals surface area (Å²) in [6, 6.07) is 4.98. The lowest BCUT2D eigenvalue weighted by Crippen LogP contribution is -2.55. The van der Waals surface area contributed by atoms with Crippen molar-refractivity contribution in [1.29, 1.82) is 0 Å². The number of nitrogens with two attached hydrogens (primary N) is 1. The highest BCUT2D eigenvalue weighted by molar-refractivity contribution is 5.99. The van der Waals surface area contributed by atoms with Gasteiger partial charge < -0.3 is 16.0 Å². The lowest BCUT2D eigenvalue weighted by Gasteiger charge is -2.33. The van der Waals surface area contributed by atoms with Gasteiger partial charge in [-0.3, -0.25) is 9.59 Å². The van der Waals surface area contributed by atoms with Crippen molar-refractivity contribution in [1.82, 2.24) is 10.2 Å². The molecule has 1 unspecified atom stereocenters. The van der Waals surface area contributed by atoms with Gasteiger partial charge in [-0.15, -0.1) is 0 Å². The molecule has 5 heteroatoms. The molecule has 5 nitrogen and oxygen atoms in total.